The number of hydrogen-bond acceptors (Lipinski definition) is 3. The zero-order valence-corrected chi connectivity index (χ0v) is 10.1. The van der Waals surface area contributed by atoms with Gasteiger partial charge in [-0.25, -0.2) is 0 Å². The van der Waals surface area contributed by atoms with Gasteiger partial charge in [0.05, 0.1) is 0 Å². The number of benzene rings is 1. The van der Waals surface area contributed by atoms with Crippen LogP contribution in [0.4, 0.5) is 0 Å². The maximum Gasteiger partial charge on any atom is 0.170 e. The van der Waals surface area contributed by atoms with Crippen molar-refractivity contribution in [3.05, 3.63) is 29.3 Å². The van der Waals surface area contributed by atoms with E-state index in [4.69, 9.17) is 15.7 Å². The summed E-state index contributed by atoms with van der Waals surface area (Å²) in [5.74, 6) is 0.910. The molecule has 0 bridgehead atoms. The number of nitrogens with zero attached hydrogens (tertiary/aromatic N) is 1. The molecule has 4 heteroatoms. The average molecular weight is 222 g/mol. The minimum absolute atomic E-state index is 0.102. The van der Waals surface area contributed by atoms with Crippen molar-refractivity contribution in [2.24, 2.45) is 10.9 Å². The Balaban J connectivity index is 3.01. The van der Waals surface area contributed by atoms with Gasteiger partial charge in [-0.15, -0.1) is 0 Å². The van der Waals surface area contributed by atoms with Gasteiger partial charge in [-0.05, 0) is 51.5 Å². The largest absolute Gasteiger partial charge is 0.488 e. The normalized spacial score (nSPS) is 12.6. The lowest BCUT2D eigenvalue weighted by Crippen LogP contribution is -2.23. The first-order chi connectivity index (χ1) is 7.33. The standard InChI is InChI=1S/C12H18N2O2/c1-8-7-9(11(13)14-15)5-6-10(8)16-12(2,3)4/h5-7,15H,1-4H3,(H2,13,14). The summed E-state index contributed by atoms with van der Waals surface area (Å²) in [4.78, 5) is 0. The van der Waals surface area contributed by atoms with E-state index < -0.39 is 0 Å². The molecule has 1 aromatic carbocycles. The SMILES string of the molecule is Cc1cc(/C(N)=N/O)ccc1OC(C)(C)C. The van der Waals surface area contributed by atoms with Crippen molar-refractivity contribution in [2.45, 2.75) is 33.3 Å². The van der Waals surface area contributed by atoms with Crippen LogP contribution in [0.5, 0.6) is 5.75 Å². The van der Waals surface area contributed by atoms with Crippen LogP contribution in [0.15, 0.2) is 23.4 Å². The summed E-state index contributed by atoms with van der Waals surface area (Å²) >= 11 is 0. The maximum atomic E-state index is 8.57. The molecule has 4 nitrogen and oxygen atoms in total. The van der Waals surface area contributed by atoms with Crippen LogP contribution in [0, 0.1) is 6.92 Å². The molecule has 0 spiro atoms. The topological polar surface area (TPSA) is 67.8 Å². The van der Waals surface area contributed by atoms with Gasteiger partial charge in [-0.2, -0.15) is 0 Å². The van der Waals surface area contributed by atoms with Gasteiger partial charge in [0.25, 0.3) is 0 Å². The van der Waals surface area contributed by atoms with Crippen molar-refractivity contribution in [1.82, 2.24) is 0 Å². The zero-order chi connectivity index (χ0) is 12.3. The van der Waals surface area contributed by atoms with Crippen LogP contribution in [0.25, 0.3) is 0 Å². The molecule has 16 heavy (non-hydrogen) atoms. The summed E-state index contributed by atoms with van der Waals surface area (Å²) in [7, 11) is 0. The molecule has 0 aliphatic heterocycles. The fraction of sp³-hybridized carbons (Fsp3) is 0.417. The third-order valence-corrected chi connectivity index (χ3v) is 1.99. The second-order valence-electron chi connectivity index (χ2n) is 4.68. The van der Waals surface area contributed by atoms with Gasteiger partial charge in [0, 0.05) is 5.56 Å². The van der Waals surface area contributed by atoms with E-state index in [0.29, 0.717) is 5.56 Å². The molecule has 0 atom stereocenters. The predicted octanol–water partition coefficient (Wildman–Crippen LogP) is 2.27. The number of nitrogens with two attached hydrogens (primary N) is 1. The Labute approximate surface area is 95.7 Å². The van der Waals surface area contributed by atoms with Gasteiger partial charge in [-0.3, -0.25) is 0 Å². The maximum absolute atomic E-state index is 8.57. The zero-order valence-electron chi connectivity index (χ0n) is 10.1. The van der Waals surface area contributed by atoms with Crippen LogP contribution in [0.3, 0.4) is 0 Å². The second-order valence-corrected chi connectivity index (χ2v) is 4.68. The first-order valence-corrected chi connectivity index (χ1v) is 5.11. The van der Waals surface area contributed by atoms with E-state index in [9.17, 15) is 0 Å². The quantitative estimate of drug-likeness (QED) is 0.349. The summed E-state index contributed by atoms with van der Waals surface area (Å²) in [6.45, 7) is 7.90. The molecule has 88 valence electrons. The first-order valence-electron chi connectivity index (χ1n) is 5.11. The van der Waals surface area contributed by atoms with E-state index in [1.807, 2.05) is 39.8 Å². The summed E-state index contributed by atoms with van der Waals surface area (Å²) < 4.78 is 5.76. The minimum Gasteiger partial charge on any atom is -0.488 e. The Kier molecular flexibility index (Phi) is 3.42. The Morgan fingerprint density at radius 1 is 1.38 bits per heavy atom. The highest BCUT2D eigenvalue weighted by atomic mass is 16.5. The van der Waals surface area contributed by atoms with E-state index in [2.05, 4.69) is 5.16 Å². The molecular formula is C12H18N2O2. The molecule has 0 aromatic heterocycles. The summed E-state index contributed by atoms with van der Waals surface area (Å²) in [6.07, 6.45) is 0. The van der Waals surface area contributed by atoms with E-state index in [1.165, 1.54) is 0 Å². The number of ether oxygens (including phenoxy) is 1. The van der Waals surface area contributed by atoms with Crippen molar-refractivity contribution in [3.63, 3.8) is 0 Å². The molecule has 0 heterocycles. The Morgan fingerprint density at radius 3 is 2.44 bits per heavy atom. The van der Waals surface area contributed by atoms with Crippen molar-refractivity contribution in [2.75, 3.05) is 0 Å². The van der Waals surface area contributed by atoms with Crippen LogP contribution in [0.2, 0.25) is 0 Å². The third kappa shape index (κ3) is 3.15. The molecule has 0 fully saturated rings. The van der Waals surface area contributed by atoms with Gasteiger partial charge >= 0.3 is 0 Å². The minimum atomic E-state index is -0.233. The highest BCUT2D eigenvalue weighted by Gasteiger charge is 2.13. The summed E-state index contributed by atoms with van der Waals surface area (Å²) in [5, 5.41) is 11.5. The van der Waals surface area contributed by atoms with Crippen molar-refractivity contribution in [1.29, 1.82) is 0 Å². The lowest BCUT2D eigenvalue weighted by atomic mass is 10.1. The molecule has 0 aliphatic carbocycles. The third-order valence-electron chi connectivity index (χ3n) is 1.99. The highest BCUT2D eigenvalue weighted by molar-refractivity contribution is 5.97. The van der Waals surface area contributed by atoms with Gasteiger partial charge in [0.15, 0.2) is 5.84 Å². The predicted molar refractivity (Wildman–Crippen MR) is 64.1 cm³/mol. The van der Waals surface area contributed by atoms with E-state index in [1.54, 1.807) is 6.07 Å². The van der Waals surface area contributed by atoms with Crippen LogP contribution in [0.1, 0.15) is 31.9 Å². The number of oxime groups is 1. The highest BCUT2D eigenvalue weighted by Crippen LogP contribution is 2.23. The molecule has 0 amide bonds. The Bertz CT molecular complexity index is 406. The number of amidine groups is 1. The summed E-state index contributed by atoms with van der Waals surface area (Å²) in [6, 6.07) is 5.42. The van der Waals surface area contributed by atoms with Gasteiger partial charge in [0.1, 0.15) is 11.4 Å². The molecule has 1 aromatic rings. The number of hydrogen-bond donors (Lipinski definition) is 2. The average Bonchev–Trinajstić information content (AvgIpc) is 2.18. The van der Waals surface area contributed by atoms with Crippen LogP contribution < -0.4 is 10.5 Å². The fourth-order valence-electron chi connectivity index (χ4n) is 1.31. The van der Waals surface area contributed by atoms with Gasteiger partial charge < -0.3 is 15.7 Å². The van der Waals surface area contributed by atoms with Crippen molar-refractivity contribution in [3.8, 4) is 5.75 Å². The van der Waals surface area contributed by atoms with Crippen LogP contribution in [-0.2, 0) is 0 Å². The smallest absolute Gasteiger partial charge is 0.170 e. The second kappa shape index (κ2) is 4.43. The fourth-order valence-corrected chi connectivity index (χ4v) is 1.31. The number of aryl methyl sites for hydroxylation is 1. The molecule has 0 saturated carbocycles. The van der Waals surface area contributed by atoms with Crippen LogP contribution >= 0.6 is 0 Å². The molecule has 0 aliphatic rings. The van der Waals surface area contributed by atoms with Crippen molar-refractivity contribution < 1.29 is 9.94 Å². The Hall–Kier alpha value is -1.71. The van der Waals surface area contributed by atoms with E-state index in [-0.39, 0.29) is 11.4 Å². The first kappa shape index (κ1) is 12.4. The van der Waals surface area contributed by atoms with Gasteiger partial charge in [-0.1, -0.05) is 5.16 Å². The van der Waals surface area contributed by atoms with E-state index >= 15 is 0 Å². The molecule has 3 N–H and O–H groups in total. The number of rotatable bonds is 2. The van der Waals surface area contributed by atoms with E-state index in [0.717, 1.165) is 11.3 Å². The Morgan fingerprint density at radius 2 is 2.00 bits per heavy atom. The summed E-state index contributed by atoms with van der Waals surface area (Å²) in [5.41, 5.74) is 6.91. The molecular weight excluding hydrogens is 204 g/mol. The van der Waals surface area contributed by atoms with Crippen LogP contribution in [-0.4, -0.2) is 16.6 Å². The molecule has 1 rings (SSSR count). The molecule has 0 saturated heterocycles. The van der Waals surface area contributed by atoms with Gasteiger partial charge in [0.2, 0.25) is 0 Å². The van der Waals surface area contributed by atoms with Crippen molar-refractivity contribution >= 4 is 5.84 Å². The lowest BCUT2D eigenvalue weighted by Gasteiger charge is -2.22. The monoisotopic (exact) mass is 222 g/mol. The molecule has 0 radical (unpaired) electrons. The molecule has 0 unspecified atom stereocenters. The lowest BCUT2D eigenvalue weighted by molar-refractivity contribution is 0.130.